The molecular weight excluding hydrogens is 412 g/mol. The Hall–Kier alpha value is -3.32. The number of aryl methyl sites for hydroxylation is 1. The summed E-state index contributed by atoms with van der Waals surface area (Å²) in [7, 11) is -3.76. The van der Waals surface area contributed by atoms with Gasteiger partial charge in [0.25, 0.3) is 15.9 Å². The van der Waals surface area contributed by atoms with Crippen molar-refractivity contribution in [3.63, 3.8) is 0 Å². The van der Waals surface area contributed by atoms with E-state index in [1.165, 1.54) is 0 Å². The fourth-order valence-electron chi connectivity index (χ4n) is 3.10. The predicted octanol–water partition coefficient (Wildman–Crippen LogP) is 4.43. The van der Waals surface area contributed by atoms with Gasteiger partial charge in [-0.25, -0.2) is 8.42 Å². The molecule has 0 aliphatic carbocycles. The van der Waals surface area contributed by atoms with E-state index in [1.54, 1.807) is 49.4 Å². The number of carbonyl (C=O) groups is 1. The number of nitrogens with one attached hydrogen (secondary N) is 2. The summed E-state index contributed by atoms with van der Waals surface area (Å²) in [6, 6.07) is 19.1. The zero-order valence-corrected chi connectivity index (χ0v) is 18.6. The molecule has 7 heteroatoms. The lowest BCUT2D eigenvalue weighted by Gasteiger charge is -2.14. The highest BCUT2D eigenvalue weighted by Gasteiger charge is 2.18. The topological polar surface area (TPSA) is 84.5 Å². The van der Waals surface area contributed by atoms with Gasteiger partial charge in [0.15, 0.2) is 0 Å². The van der Waals surface area contributed by atoms with Crippen molar-refractivity contribution in [1.82, 2.24) is 5.32 Å². The summed E-state index contributed by atoms with van der Waals surface area (Å²) < 4.78 is 33.5. The summed E-state index contributed by atoms with van der Waals surface area (Å²) in [4.78, 5) is 12.9. The van der Waals surface area contributed by atoms with E-state index in [2.05, 4.69) is 10.0 Å². The Kier molecular flexibility index (Phi) is 6.97. The lowest BCUT2D eigenvalue weighted by atomic mass is 10.1. The number of hydrogen-bond donors (Lipinski definition) is 2. The van der Waals surface area contributed by atoms with Crippen molar-refractivity contribution in [3.8, 4) is 5.75 Å². The predicted molar refractivity (Wildman–Crippen MR) is 122 cm³/mol. The number of anilines is 1. The molecule has 2 N–H and O–H groups in total. The van der Waals surface area contributed by atoms with Crippen LogP contribution in [0.2, 0.25) is 0 Å². The molecule has 0 aliphatic rings. The van der Waals surface area contributed by atoms with Crippen molar-refractivity contribution in [3.05, 3.63) is 89.0 Å². The van der Waals surface area contributed by atoms with E-state index in [-0.39, 0.29) is 10.8 Å². The average Bonchev–Trinajstić information content (AvgIpc) is 2.74. The van der Waals surface area contributed by atoms with Gasteiger partial charge >= 0.3 is 0 Å². The van der Waals surface area contributed by atoms with Crippen LogP contribution in [-0.2, 0) is 16.6 Å². The monoisotopic (exact) mass is 438 g/mol. The standard InChI is InChI=1S/C24H26N2O4S/c1-4-30-20-8-5-7-19(15-20)16-25-24(27)22-9-6-10-23(18(22)3)26-31(28,29)21-13-11-17(2)12-14-21/h5-15,26H,4,16H2,1-3H3,(H,25,27). The highest BCUT2D eigenvalue weighted by Crippen LogP contribution is 2.23. The molecule has 0 saturated heterocycles. The first kappa shape index (κ1) is 22.4. The smallest absolute Gasteiger partial charge is 0.261 e. The van der Waals surface area contributed by atoms with Crippen LogP contribution in [0.25, 0.3) is 0 Å². The first-order valence-corrected chi connectivity index (χ1v) is 11.5. The summed E-state index contributed by atoms with van der Waals surface area (Å²) in [6.07, 6.45) is 0. The van der Waals surface area contributed by atoms with Crippen molar-refractivity contribution in [2.75, 3.05) is 11.3 Å². The second-order valence-corrected chi connectivity index (χ2v) is 8.84. The molecule has 0 saturated carbocycles. The van der Waals surface area contributed by atoms with Gasteiger partial charge in [-0.2, -0.15) is 0 Å². The molecule has 31 heavy (non-hydrogen) atoms. The molecule has 0 spiro atoms. The number of benzene rings is 3. The summed E-state index contributed by atoms with van der Waals surface area (Å²) in [5.74, 6) is 0.466. The van der Waals surface area contributed by atoms with E-state index >= 15 is 0 Å². The molecular formula is C24H26N2O4S. The van der Waals surface area contributed by atoms with Crippen LogP contribution in [0.4, 0.5) is 5.69 Å². The largest absolute Gasteiger partial charge is 0.494 e. The minimum atomic E-state index is -3.76. The van der Waals surface area contributed by atoms with E-state index in [9.17, 15) is 13.2 Å². The zero-order chi connectivity index (χ0) is 22.4. The van der Waals surface area contributed by atoms with Crippen LogP contribution in [0.15, 0.2) is 71.6 Å². The van der Waals surface area contributed by atoms with Crippen molar-refractivity contribution < 1.29 is 17.9 Å². The normalized spacial score (nSPS) is 11.1. The van der Waals surface area contributed by atoms with E-state index in [1.807, 2.05) is 38.1 Å². The van der Waals surface area contributed by atoms with E-state index in [0.717, 1.165) is 16.9 Å². The third kappa shape index (κ3) is 5.64. The van der Waals surface area contributed by atoms with E-state index < -0.39 is 10.0 Å². The Morgan fingerprint density at radius 3 is 2.39 bits per heavy atom. The molecule has 162 valence electrons. The average molecular weight is 439 g/mol. The Balaban J connectivity index is 1.74. The molecule has 0 unspecified atom stereocenters. The van der Waals surface area contributed by atoms with Gasteiger partial charge in [-0.1, -0.05) is 35.9 Å². The molecule has 1 amide bonds. The molecule has 6 nitrogen and oxygen atoms in total. The Morgan fingerprint density at radius 1 is 0.968 bits per heavy atom. The molecule has 0 bridgehead atoms. The molecule has 3 aromatic rings. The quantitative estimate of drug-likeness (QED) is 0.545. The van der Waals surface area contributed by atoms with Crippen LogP contribution in [0.1, 0.15) is 34.0 Å². The molecule has 0 aliphatic heterocycles. The lowest BCUT2D eigenvalue weighted by Crippen LogP contribution is -2.24. The minimum Gasteiger partial charge on any atom is -0.494 e. The van der Waals surface area contributed by atoms with Gasteiger partial charge in [-0.3, -0.25) is 9.52 Å². The maximum atomic E-state index is 12.8. The van der Waals surface area contributed by atoms with Crippen molar-refractivity contribution in [2.24, 2.45) is 0 Å². The third-order valence-electron chi connectivity index (χ3n) is 4.82. The van der Waals surface area contributed by atoms with Crippen LogP contribution in [0.3, 0.4) is 0 Å². The Bertz CT molecular complexity index is 1170. The fourth-order valence-corrected chi connectivity index (χ4v) is 4.23. The second kappa shape index (κ2) is 9.66. The first-order valence-electron chi connectivity index (χ1n) is 9.99. The van der Waals surface area contributed by atoms with Gasteiger partial charge in [0, 0.05) is 12.1 Å². The molecule has 0 heterocycles. The van der Waals surface area contributed by atoms with Crippen molar-refractivity contribution in [2.45, 2.75) is 32.2 Å². The molecule has 3 rings (SSSR count). The van der Waals surface area contributed by atoms with Gasteiger partial charge in [0.1, 0.15) is 5.75 Å². The molecule has 0 atom stereocenters. The molecule has 3 aromatic carbocycles. The number of ether oxygens (including phenoxy) is 1. The van der Waals surface area contributed by atoms with Gasteiger partial charge in [0.05, 0.1) is 17.2 Å². The summed E-state index contributed by atoms with van der Waals surface area (Å²) in [5, 5.41) is 2.88. The fraction of sp³-hybridized carbons (Fsp3) is 0.208. The van der Waals surface area contributed by atoms with Crippen LogP contribution in [0.5, 0.6) is 5.75 Å². The highest BCUT2D eigenvalue weighted by molar-refractivity contribution is 7.92. The SMILES string of the molecule is CCOc1cccc(CNC(=O)c2cccc(NS(=O)(=O)c3ccc(C)cc3)c2C)c1. The van der Waals surface area contributed by atoms with Crippen LogP contribution in [0, 0.1) is 13.8 Å². The number of sulfonamides is 1. The first-order chi connectivity index (χ1) is 14.8. The Labute approximate surface area is 183 Å². The molecule has 0 aromatic heterocycles. The maximum Gasteiger partial charge on any atom is 0.261 e. The molecule has 0 radical (unpaired) electrons. The van der Waals surface area contributed by atoms with Crippen LogP contribution in [-0.4, -0.2) is 20.9 Å². The van der Waals surface area contributed by atoms with E-state index in [4.69, 9.17) is 4.74 Å². The van der Waals surface area contributed by atoms with Gasteiger partial charge in [-0.05, 0) is 68.3 Å². The highest BCUT2D eigenvalue weighted by atomic mass is 32.2. The minimum absolute atomic E-state index is 0.168. The van der Waals surface area contributed by atoms with Crippen molar-refractivity contribution in [1.29, 1.82) is 0 Å². The number of hydrogen-bond acceptors (Lipinski definition) is 4. The maximum absolute atomic E-state index is 12.8. The van der Waals surface area contributed by atoms with Crippen LogP contribution >= 0.6 is 0 Å². The van der Waals surface area contributed by atoms with Gasteiger partial charge in [-0.15, -0.1) is 0 Å². The lowest BCUT2D eigenvalue weighted by molar-refractivity contribution is 0.0950. The second-order valence-electron chi connectivity index (χ2n) is 7.16. The summed E-state index contributed by atoms with van der Waals surface area (Å²) >= 11 is 0. The van der Waals surface area contributed by atoms with Crippen molar-refractivity contribution >= 4 is 21.6 Å². The third-order valence-corrected chi connectivity index (χ3v) is 6.20. The number of carbonyl (C=O) groups excluding carboxylic acids is 1. The number of rotatable bonds is 8. The zero-order valence-electron chi connectivity index (χ0n) is 17.8. The Morgan fingerprint density at radius 2 is 1.68 bits per heavy atom. The summed E-state index contributed by atoms with van der Waals surface area (Å²) in [5.41, 5.74) is 3.21. The van der Waals surface area contributed by atoms with Gasteiger partial charge in [0.2, 0.25) is 0 Å². The molecule has 0 fully saturated rings. The summed E-state index contributed by atoms with van der Waals surface area (Å²) in [6.45, 7) is 6.43. The van der Waals surface area contributed by atoms with E-state index in [0.29, 0.717) is 30.0 Å². The van der Waals surface area contributed by atoms with Gasteiger partial charge < -0.3 is 10.1 Å². The number of amides is 1. The van der Waals surface area contributed by atoms with Crippen LogP contribution < -0.4 is 14.8 Å².